The zero-order valence-corrected chi connectivity index (χ0v) is 47.3. The number of esters is 3. The van der Waals surface area contributed by atoms with Gasteiger partial charge in [0.25, 0.3) is 0 Å². The Kier molecular flexibility index (Phi) is 47.0. The highest BCUT2D eigenvalue weighted by Gasteiger charge is 2.50. The zero-order valence-electron chi connectivity index (χ0n) is 47.3. The standard InChI is InChI=1S/C63H106O12/c1-4-7-10-13-16-19-22-25-28-31-34-37-40-43-46-49-55(64)71-52-54(73-56(65)50-47-44-41-38-35-32-29-26-23-20-17-14-11-8-5-2)53-72-63-61(59(68)58(67)60(75-63)62(69)70)74-57(66)51-48-45-42-39-36-33-30-27-24-21-18-15-12-9-6-3/h7,10,16,18-19,21,25-30,54,58-61,63,67-68H,4-6,8-9,11-15,17,20,22-24,31-53H2,1-3H3,(H,69,70)/b10-7-,19-16-,21-18-,28-25-,29-26-,30-27-. The summed E-state index contributed by atoms with van der Waals surface area (Å²) in [5.74, 6) is -3.17. The minimum Gasteiger partial charge on any atom is -0.479 e. The fraction of sp³-hybridized carbons (Fsp3) is 0.746. The van der Waals surface area contributed by atoms with E-state index in [-0.39, 0.29) is 25.9 Å². The van der Waals surface area contributed by atoms with Crippen LogP contribution in [-0.2, 0) is 42.9 Å². The van der Waals surface area contributed by atoms with Gasteiger partial charge < -0.3 is 39.0 Å². The maximum atomic E-state index is 13.1. The van der Waals surface area contributed by atoms with Crippen LogP contribution in [0, 0.1) is 0 Å². The number of aliphatic carboxylic acids is 1. The van der Waals surface area contributed by atoms with E-state index in [4.69, 9.17) is 23.7 Å². The van der Waals surface area contributed by atoms with Gasteiger partial charge in [-0.1, -0.05) is 196 Å². The van der Waals surface area contributed by atoms with Crippen LogP contribution in [0.25, 0.3) is 0 Å². The normalized spacial score (nSPS) is 18.7. The lowest BCUT2D eigenvalue weighted by Gasteiger charge is -2.40. The molecule has 1 aliphatic heterocycles. The second-order valence-electron chi connectivity index (χ2n) is 20.2. The van der Waals surface area contributed by atoms with Crippen LogP contribution in [0.1, 0.15) is 252 Å². The molecule has 0 saturated carbocycles. The summed E-state index contributed by atoms with van der Waals surface area (Å²) in [6.45, 7) is 5.83. The van der Waals surface area contributed by atoms with Crippen LogP contribution in [0.4, 0.5) is 0 Å². The SMILES string of the molecule is CC/C=C\C/C=C\C/C=C\CCCCCCCC(=O)OCC(COC1OC(C(=O)O)C(O)C(O)C1OC(=O)CCCCCCC/C=C\C/C=C\CCCCC)OC(=O)CCCCCCC/C=C\CCCCCCCC. The van der Waals surface area contributed by atoms with Gasteiger partial charge in [-0.05, 0) is 109 Å². The number of ether oxygens (including phenoxy) is 5. The van der Waals surface area contributed by atoms with E-state index in [0.29, 0.717) is 19.3 Å². The summed E-state index contributed by atoms with van der Waals surface area (Å²) in [5, 5.41) is 31.5. The molecule has 1 aliphatic rings. The third-order valence-electron chi connectivity index (χ3n) is 13.2. The van der Waals surface area contributed by atoms with Gasteiger partial charge in [-0.25, -0.2) is 4.79 Å². The van der Waals surface area contributed by atoms with Crippen molar-refractivity contribution in [2.45, 2.75) is 289 Å². The Hall–Kier alpha value is -3.84. The molecule has 0 aromatic carbocycles. The Labute approximate surface area is 455 Å². The molecule has 0 aromatic rings. The lowest BCUT2D eigenvalue weighted by atomic mass is 9.98. The lowest BCUT2D eigenvalue weighted by Crippen LogP contribution is -2.61. The summed E-state index contributed by atoms with van der Waals surface area (Å²) in [4.78, 5) is 51.1. The van der Waals surface area contributed by atoms with E-state index >= 15 is 0 Å². The first kappa shape index (κ1) is 69.2. The fourth-order valence-electron chi connectivity index (χ4n) is 8.64. The number of carbonyl (C=O) groups excluding carboxylic acids is 3. The summed E-state index contributed by atoms with van der Waals surface area (Å²) in [5.41, 5.74) is 0. The maximum absolute atomic E-state index is 13.1. The van der Waals surface area contributed by atoms with E-state index in [1.165, 1.54) is 57.8 Å². The number of allylic oxidation sites excluding steroid dienone is 12. The van der Waals surface area contributed by atoms with Gasteiger partial charge in [-0.3, -0.25) is 14.4 Å². The summed E-state index contributed by atoms with van der Waals surface area (Å²) in [6, 6.07) is 0. The number of rotatable bonds is 50. The third-order valence-corrected chi connectivity index (χ3v) is 13.2. The van der Waals surface area contributed by atoms with E-state index in [9.17, 15) is 34.5 Å². The van der Waals surface area contributed by atoms with E-state index in [1.807, 2.05) is 0 Å². The Morgan fingerprint density at radius 2 is 0.840 bits per heavy atom. The molecule has 12 heteroatoms. The van der Waals surface area contributed by atoms with Crippen molar-refractivity contribution in [3.8, 4) is 0 Å². The molecule has 75 heavy (non-hydrogen) atoms. The number of unbranched alkanes of at least 4 members (excludes halogenated alkanes) is 24. The van der Waals surface area contributed by atoms with Gasteiger partial charge in [0.05, 0.1) is 6.61 Å². The van der Waals surface area contributed by atoms with Crippen LogP contribution in [-0.4, -0.2) is 89.2 Å². The van der Waals surface area contributed by atoms with Crippen LogP contribution in [0.15, 0.2) is 72.9 Å². The van der Waals surface area contributed by atoms with Gasteiger partial charge in [0.2, 0.25) is 0 Å². The predicted octanol–water partition coefficient (Wildman–Crippen LogP) is 15.3. The summed E-state index contributed by atoms with van der Waals surface area (Å²) in [7, 11) is 0. The molecule has 1 rings (SSSR count). The number of hydrogen-bond donors (Lipinski definition) is 3. The molecule has 3 N–H and O–H groups in total. The van der Waals surface area contributed by atoms with Crippen molar-refractivity contribution in [1.29, 1.82) is 0 Å². The van der Waals surface area contributed by atoms with Gasteiger partial charge in [-0.2, -0.15) is 0 Å². The Balaban J connectivity index is 2.72. The average molecular weight is 1060 g/mol. The molecule has 0 bridgehead atoms. The van der Waals surface area contributed by atoms with Crippen LogP contribution < -0.4 is 0 Å². The largest absolute Gasteiger partial charge is 0.479 e. The van der Waals surface area contributed by atoms with Gasteiger partial charge >= 0.3 is 23.9 Å². The first-order valence-electron chi connectivity index (χ1n) is 29.9. The molecule has 6 atom stereocenters. The summed E-state index contributed by atoms with van der Waals surface area (Å²) >= 11 is 0. The highest BCUT2D eigenvalue weighted by molar-refractivity contribution is 5.74. The lowest BCUT2D eigenvalue weighted by molar-refractivity contribution is -0.301. The Morgan fingerprint density at radius 3 is 1.32 bits per heavy atom. The molecule has 0 spiro atoms. The second-order valence-corrected chi connectivity index (χ2v) is 20.2. The van der Waals surface area contributed by atoms with Crippen molar-refractivity contribution in [2.24, 2.45) is 0 Å². The van der Waals surface area contributed by atoms with Crippen molar-refractivity contribution in [2.75, 3.05) is 13.2 Å². The number of hydrogen-bond acceptors (Lipinski definition) is 11. The third kappa shape index (κ3) is 41.0. The molecular formula is C63H106O12. The Bertz CT molecular complexity index is 1580. The molecule has 1 fully saturated rings. The van der Waals surface area contributed by atoms with Crippen molar-refractivity contribution < 1.29 is 58.2 Å². The first-order chi connectivity index (χ1) is 36.6. The zero-order chi connectivity index (χ0) is 54.7. The van der Waals surface area contributed by atoms with E-state index in [2.05, 4.69) is 93.7 Å². The van der Waals surface area contributed by atoms with Crippen molar-refractivity contribution >= 4 is 23.9 Å². The van der Waals surface area contributed by atoms with E-state index in [0.717, 1.165) is 135 Å². The average Bonchev–Trinajstić information content (AvgIpc) is 3.39. The molecule has 0 aliphatic carbocycles. The van der Waals surface area contributed by atoms with Crippen molar-refractivity contribution in [3.63, 3.8) is 0 Å². The van der Waals surface area contributed by atoms with E-state index in [1.54, 1.807) is 0 Å². The molecule has 1 saturated heterocycles. The van der Waals surface area contributed by atoms with Crippen LogP contribution in [0.5, 0.6) is 0 Å². The maximum Gasteiger partial charge on any atom is 0.335 e. The van der Waals surface area contributed by atoms with Crippen LogP contribution in [0.3, 0.4) is 0 Å². The first-order valence-corrected chi connectivity index (χ1v) is 29.9. The number of aliphatic hydroxyl groups excluding tert-OH is 2. The molecule has 0 radical (unpaired) electrons. The van der Waals surface area contributed by atoms with Crippen LogP contribution >= 0.6 is 0 Å². The smallest absolute Gasteiger partial charge is 0.335 e. The topological polar surface area (TPSA) is 175 Å². The highest BCUT2D eigenvalue weighted by atomic mass is 16.7. The minimum atomic E-state index is -1.91. The number of carboxylic acids is 1. The van der Waals surface area contributed by atoms with Gasteiger partial charge in [-0.15, -0.1) is 0 Å². The minimum absolute atomic E-state index is 0.0403. The predicted molar refractivity (Wildman–Crippen MR) is 303 cm³/mol. The molecule has 430 valence electrons. The number of aliphatic hydroxyl groups is 2. The quantitative estimate of drug-likeness (QED) is 0.0228. The number of carbonyl (C=O) groups is 4. The second kappa shape index (κ2) is 50.9. The molecule has 6 unspecified atom stereocenters. The molecule has 12 nitrogen and oxygen atoms in total. The molecular weight excluding hydrogens is 949 g/mol. The molecule has 1 heterocycles. The highest BCUT2D eigenvalue weighted by Crippen LogP contribution is 2.26. The summed E-state index contributed by atoms with van der Waals surface area (Å²) < 4.78 is 28.4. The molecule has 0 aromatic heterocycles. The Morgan fingerprint density at radius 1 is 0.453 bits per heavy atom. The van der Waals surface area contributed by atoms with Gasteiger partial charge in [0.15, 0.2) is 24.6 Å². The van der Waals surface area contributed by atoms with Gasteiger partial charge in [0.1, 0.15) is 18.8 Å². The summed E-state index contributed by atoms with van der Waals surface area (Å²) in [6.07, 6.45) is 51.5. The van der Waals surface area contributed by atoms with Crippen molar-refractivity contribution in [3.05, 3.63) is 72.9 Å². The van der Waals surface area contributed by atoms with Crippen molar-refractivity contribution in [1.82, 2.24) is 0 Å². The van der Waals surface area contributed by atoms with Crippen LogP contribution in [0.2, 0.25) is 0 Å². The monoisotopic (exact) mass is 1050 g/mol. The molecule has 0 amide bonds. The fourth-order valence-corrected chi connectivity index (χ4v) is 8.64. The number of carboxylic acid groups (broad SMARTS) is 1. The van der Waals surface area contributed by atoms with Gasteiger partial charge in [0, 0.05) is 19.3 Å². The van der Waals surface area contributed by atoms with E-state index < -0.39 is 67.3 Å².